The predicted molar refractivity (Wildman–Crippen MR) is 110 cm³/mol. The number of aromatic nitrogens is 1. The summed E-state index contributed by atoms with van der Waals surface area (Å²) in [4.78, 5) is 9.43. The van der Waals surface area contributed by atoms with Gasteiger partial charge < -0.3 is 10.2 Å². The molecule has 2 saturated heterocycles. The number of likely N-dealkylation sites (tertiary alicyclic amines) is 1. The molecule has 1 aromatic carbocycles. The van der Waals surface area contributed by atoms with E-state index in [9.17, 15) is 0 Å². The summed E-state index contributed by atoms with van der Waals surface area (Å²) in [5.74, 6) is 0.992. The number of piperidine rings is 1. The van der Waals surface area contributed by atoms with Crippen LogP contribution < -0.4 is 10.2 Å². The summed E-state index contributed by atoms with van der Waals surface area (Å²) >= 11 is 0. The van der Waals surface area contributed by atoms with Crippen LogP contribution in [0.3, 0.4) is 0 Å². The minimum absolute atomic E-state index is 0. The zero-order chi connectivity index (χ0) is 17.1. The van der Waals surface area contributed by atoms with Crippen LogP contribution in [0.5, 0.6) is 0 Å². The summed E-state index contributed by atoms with van der Waals surface area (Å²) in [6.07, 6.45) is 6.07. The van der Waals surface area contributed by atoms with Crippen molar-refractivity contribution in [2.45, 2.75) is 25.8 Å². The number of hydrogen-bond acceptors (Lipinski definition) is 4. The van der Waals surface area contributed by atoms with E-state index in [0.717, 1.165) is 18.1 Å². The van der Waals surface area contributed by atoms with Gasteiger partial charge in [0.15, 0.2) is 0 Å². The van der Waals surface area contributed by atoms with Gasteiger partial charge >= 0.3 is 0 Å². The van der Waals surface area contributed by atoms with Crippen molar-refractivity contribution in [2.24, 2.45) is 5.41 Å². The summed E-state index contributed by atoms with van der Waals surface area (Å²) in [6.45, 7) is 5.88. The summed E-state index contributed by atoms with van der Waals surface area (Å²) in [6, 6.07) is 14.7. The molecule has 0 atom stereocenters. The number of pyridine rings is 1. The molecule has 5 heteroatoms. The van der Waals surface area contributed by atoms with E-state index >= 15 is 0 Å². The number of para-hydroxylation sites is 1. The number of benzene rings is 1. The number of nitrogens with zero attached hydrogens (tertiary/aromatic N) is 3. The molecular weight excluding hydrogens is 344 g/mol. The number of rotatable bonds is 4. The largest absolute Gasteiger partial charge is 0.329 e. The molecule has 4 rings (SSSR count). The molecule has 0 amide bonds. The quantitative estimate of drug-likeness (QED) is 0.883. The summed E-state index contributed by atoms with van der Waals surface area (Å²) in [7, 11) is 2.07. The number of halogens is 1. The van der Waals surface area contributed by atoms with E-state index in [1.54, 1.807) is 0 Å². The fourth-order valence-electron chi connectivity index (χ4n) is 4.28. The van der Waals surface area contributed by atoms with Crippen molar-refractivity contribution in [1.82, 2.24) is 15.2 Å². The molecule has 1 N–H and O–H groups in total. The highest BCUT2D eigenvalue weighted by atomic mass is 35.5. The van der Waals surface area contributed by atoms with Crippen LogP contribution in [0.15, 0.2) is 48.7 Å². The van der Waals surface area contributed by atoms with Crippen LogP contribution in [0.25, 0.3) is 0 Å². The lowest BCUT2D eigenvalue weighted by Crippen LogP contribution is -2.38. The highest BCUT2D eigenvalue weighted by molar-refractivity contribution is 5.85. The van der Waals surface area contributed by atoms with Crippen molar-refractivity contribution in [1.29, 1.82) is 0 Å². The minimum Gasteiger partial charge on any atom is -0.329 e. The van der Waals surface area contributed by atoms with Crippen LogP contribution in [0.2, 0.25) is 0 Å². The van der Waals surface area contributed by atoms with Gasteiger partial charge in [-0.3, -0.25) is 4.90 Å². The second-order valence-electron chi connectivity index (χ2n) is 7.63. The number of hydrogen-bond donors (Lipinski definition) is 1. The van der Waals surface area contributed by atoms with Gasteiger partial charge in [-0.1, -0.05) is 24.3 Å². The molecule has 140 valence electrons. The molecule has 0 aliphatic carbocycles. The third-order valence-corrected chi connectivity index (χ3v) is 5.88. The van der Waals surface area contributed by atoms with Crippen molar-refractivity contribution in [2.75, 3.05) is 38.1 Å². The molecule has 1 spiro atoms. The second kappa shape index (κ2) is 8.38. The minimum atomic E-state index is 0. The average molecular weight is 373 g/mol. The van der Waals surface area contributed by atoms with E-state index in [2.05, 4.69) is 58.6 Å². The molecule has 3 heterocycles. The molecule has 26 heavy (non-hydrogen) atoms. The topological polar surface area (TPSA) is 31.4 Å². The second-order valence-corrected chi connectivity index (χ2v) is 7.63. The molecule has 0 bridgehead atoms. The molecule has 2 fully saturated rings. The first-order valence-corrected chi connectivity index (χ1v) is 9.41. The van der Waals surface area contributed by atoms with E-state index in [0.29, 0.717) is 5.41 Å². The Morgan fingerprint density at radius 3 is 2.54 bits per heavy atom. The molecule has 2 aliphatic heterocycles. The number of nitrogens with one attached hydrogen (secondary N) is 1. The third-order valence-electron chi connectivity index (χ3n) is 5.88. The van der Waals surface area contributed by atoms with Crippen LogP contribution in [0, 0.1) is 5.41 Å². The number of anilines is 2. The molecule has 4 nitrogen and oxygen atoms in total. The molecule has 0 unspecified atom stereocenters. The standard InChI is InChI=1S/C21H28N4.ClH/c1-24(19-5-3-2-4-6-19)20-8-7-18(15-23-20)16-25-14-11-21(17-25)9-12-22-13-10-21;/h2-8,15,22H,9-14,16-17H2,1H3;1H. The Hall–Kier alpha value is -1.62. The molecule has 2 aliphatic rings. The zero-order valence-electron chi connectivity index (χ0n) is 15.5. The lowest BCUT2D eigenvalue weighted by molar-refractivity contribution is 0.194. The lowest BCUT2D eigenvalue weighted by atomic mass is 9.78. The molecular formula is C21H29ClN4. The Labute approximate surface area is 163 Å². The zero-order valence-corrected chi connectivity index (χ0v) is 16.3. The van der Waals surface area contributed by atoms with Gasteiger partial charge in [0.05, 0.1) is 0 Å². The van der Waals surface area contributed by atoms with Crippen LogP contribution >= 0.6 is 12.4 Å². The first kappa shape index (κ1) is 19.2. The van der Waals surface area contributed by atoms with Gasteiger partial charge in [-0.15, -0.1) is 12.4 Å². The van der Waals surface area contributed by atoms with E-state index < -0.39 is 0 Å². The molecule has 1 aromatic heterocycles. The smallest absolute Gasteiger partial charge is 0.132 e. The Kier molecular flexibility index (Phi) is 6.17. The van der Waals surface area contributed by atoms with Gasteiger partial charge in [-0.05, 0) is 68.1 Å². The maximum absolute atomic E-state index is 4.69. The van der Waals surface area contributed by atoms with Gasteiger partial charge in [0.25, 0.3) is 0 Å². The van der Waals surface area contributed by atoms with Gasteiger partial charge in [0, 0.05) is 32.0 Å². The fraction of sp³-hybridized carbons (Fsp3) is 0.476. The normalized spacial score (nSPS) is 19.3. The maximum Gasteiger partial charge on any atom is 0.132 e. The van der Waals surface area contributed by atoms with Crippen molar-refractivity contribution in [3.8, 4) is 0 Å². The van der Waals surface area contributed by atoms with Crippen molar-refractivity contribution in [3.63, 3.8) is 0 Å². The predicted octanol–water partition coefficient (Wildman–Crippen LogP) is 3.85. The van der Waals surface area contributed by atoms with Gasteiger partial charge in [0.2, 0.25) is 0 Å². The Balaban J connectivity index is 0.00000196. The van der Waals surface area contributed by atoms with Gasteiger partial charge in [-0.25, -0.2) is 4.98 Å². The van der Waals surface area contributed by atoms with Crippen LogP contribution in [-0.2, 0) is 6.54 Å². The Morgan fingerprint density at radius 1 is 1.08 bits per heavy atom. The Bertz CT molecular complexity index is 683. The van der Waals surface area contributed by atoms with Crippen LogP contribution in [0.4, 0.5) is 11.5 Å². The monoisotopic (exact) mass is 372 g/mol. The first-order chi connectivity index (χ1) is 12.2. The van der Waals surface area contributed by atoms with Crippen LogP contribution in [-0.4, -0.2) is 43.1 Å². The molecule has 0 radical (unpaired) electrons. The third kappa shape index (κ3) is 4.20. The SMILES string of the molecule is CN(c1ccccc1)c1ccc(CN2CCC3(CCNCC3)C2)cn1.Cl. The van der Waals surface area contributed by atoms with Crippen molar-refractivity contribution < 1.29 is 0 Å². The maximum atomic E-state index is 4.69. The molecule has 2 aromatic rings. The van der Waals surface area contributed by atoms with Gasteiger partial charge in [-0.2, -0.15) is 0 Å². The van der Waals surface area contributed by atoms with Gasteiger partial charge in [0.1, 0.15) is 5.82 Å². The Morgan fingerprint density at radius 2 is 1.85 bits per heavy atom. The lowest BCUT2D eigenvalue weighted by Gasteiger charge is -2.33. The summed E-state index contributed by atoms with van der Waals surface area (Å²) in [5, 5.41) is 3.50. The van der Waals surface area contributed by atoms with Crippen LogP contribution in [0.1, 0.15) is 24.8 Å². The highest BCUT2D eigenvalue weighted by Gasteiger charge is 2.38. The van der Waals surface area contributed by atoms with E-state index in [4.69, 9.17) is 4.98 Å². The van der Waals surface area contributed by atoms with E-state index in [1.807, 2.05) is 12.3 Å². The van der Waals surface area contributed by atoms with Crippen molar-refractivity contribution >= 4 is 23.9 Å². The van der Waals surface area contributed by atoms with E-state index in [-0.39, 0.29) is 12.4 Å². The molecule has 0 saturated carbocycles. The highest BCUT2D eigenvalue weighted by Crippen LogP contribution is 2.39. The average Bonchev–Trinajstić information content (AvgIpc) is 3.05. The van der Waals surface area contributed by atoms with Crippen molar-refractivity contribution in [3.05, 3.63) is 54.2 Å². The fourth-order valence-corrected chi connectivity index (χ4v) is 4.28. The summed E-state index contributed by atoms with van der Waals surface area (Å²) < 4.78 is 0. The summed E-state index contributed by atoms with van der Waals surface area (Å²) in [5.41, 5.74) is 3.05. The first-order valence-electron chi connectivity index (χ1n) is 9.41. The van der Waals surface area contributed by atoms with E-state index in [1.165, 1.54) is 51.0 Å².